The molecule has 2 fully saturated rings. The average molecular weight is 240 g/mol. The highest BCUT2D eigenvalue weighted by Gasteiger charge is 2.42. The Morgan fingerprint density at radius 1 is 1.18 bits per heavy atom. The lowest BCUT2D eigenvalue weighted by atomic mass is 10.1. The third kappa shape index (κ3) is 3.19. The van der Waals surface area contributed by atoms with Crippen LogP contribution >= 0.6 is 0 Å². The summed E-state index contributed by atoms with van der Waals surface area (Å²) >= 11 is 0. The Balaban J connectivity index is 1.69. The number of nitrogens with one attached hydrogen (secondary N) is 2. The highest BCUT2D eigenvalue weighted by molar-refractivity contribution is 6.35. The molecule has 2 aliphatic carbocycles. The fourth-order valence-corrected chi connectivity index (χ4v) is 2.24. The first-order chi connectivity index (χ1) is 8.15. The van der Waals surface area contributed by atoms with Gasteiger partial charge in [-0.3, -0.25) is 9.59 Å². The Bertz CT molecular complexity index is 307. The molecule has 0 aromatic heterocycles. The summed E-state index contributed by atoms with van der Waals surface area (Å²) < 4.78 is 0. The Kier molecular flexibility index (Phi) is 3.66. The molecular weight excluding hydrogens is 220 g/mol. The molecule has 0 unspecified atom stereocenters. The summed E-state index contributed by atoms with van der Waals surface area (Å²) in [6.45, 7) is 0.484. The van der Waals surface area contributed by atoms with Crippen LogP contribution in [0.3, 0.4) is 0 Å². The van der Waals surface area contributed by atoms with Crippen molar-refractivity contribution in [3.05, 3.63) is 0 Å². The van der Waals surface area contributed by atoms with E-state index in [1.54, 1.807) is 0 Å². The van der Waals surface area contributed by atoms with Gasteiger partial charge < -0.3 is 15.7 Å². The summed E-state index contributed by atoms with van der Waals surface area (Å²) in [6, 6.07) is 0.168. The Morgan fingerprint density at radius 2 is 1.82 bits per heavy atom. The van der Waals surface area contributed by atoms with Crippen molar-refractivity contribution >= 4 is 11.8 Å². The van der Waals surface area contributed by atoms with E-state index in [1.807, 2.05) is 0 Å². The molecule has 0 aromatic rings. The zero-order valence-corrected chi connectivity index (χ0v) is 10.00. The van der Waals surface area contributed by atoms with Crippen molar-refractivity contribution in [3.8, 4) is 0 Å². The number of amides is 2. The fraction of sp³-hybridized carbons (Fsp3) is 0.833. The summed E-state index contributed by atoms with van der Waals surface area (Å²) in [6.07, 6.45) is 6.04. The lowest BCUT2D eigenvalue weighted by Gasteiger charge is -2.14. The van der Waals surface area contributed by atoms with E-state index in [1.165, 1.54) is 0 Å². The van der Waals surface area contributed by atoms with Crippen LogP contribution in [0.4, 0.5) is 0 Å². The number of aliphatic hydroxyl groups is 1. The third-order valence-corrected chi connectivity index (χ3v) is 3.81. The van der Waals surface area contributed by atoms with E-state index < -0.39 is 11.8 Å². The van der Waals surface area contributed by atoms with Crippen molar-refractivity contribution in [2.24, 2.45) is 5.41 Å². The average Bonchev–Trinajstić information content (AvgIpc) is 2.95. The Morgan fingerprint density at radius 3 is 2.35 bits per heavy atom. The second kappa shape index (κ2) is 5.04. The molecule has 0 atom stereocenters. The van der Waals surface area contributed by atoms with Gasteiger partial charge in [-0.15, -0.1) is 0 Å². The molecule has 2 amide bonds. The highest BCUT2D eigenvalue weighted by atomic mass is 16.3. The van der Waals surface area contributed by atoms with E-state index in [2.05, 4.69) is 10.6 Å². The topological polar surface area (TPSA) is 78.4 Å². The zero-order chi connectivity index (χ0) is 12.3. The fourth-order valence-electron chi connectivity index (χ4n) is 2.24. The molecule has 96 valence electrons. The first-order valence-electron chi connectivity index (χ1n) is 6.35. The van der Waals surface area contributed by atoms with Gasteiger partial charge >= 0.3 is 11.8 Å². The molecule has 0 heterocycles. The van der Waals surface area contributed by atoms with Gasteiger partial charge in [0.1, 0.15) is 0 Å². The number of carbonyl (C=O) groups excluding carboxylic acids is 2. The maximum absolute atomic E-state index is 11.5. The smallest absolute Gasteiger partial charge is 0.309 e. The Labute approximate surface area is 101 Å². The number of rotatable bonds is 4. The number of carbonyl (C=O) groups is 2. The molecule has 5 nitrogen and oxygen atoms in total. The van der Waals surface area contributed by atoms with Crippen LogP contribution < -0.4 is 10.6 Å². The van der Waals surface area contributed by atoms with Gasteiger partial charge in [0.25, 0.3) is 0 Å². The van der Waals surface area contributed by atoms with Crippen LogP contribution in [0.1, 0.15) is 38.5 Å². The summed E-state index contributed by atoms with van der Waals surface area (Å²) in [5, 5.41) is 14.4. The van der Waals surface area contributed by atoms with Crippen molar-refractivity contribution < 1.29 is 14.7 Å². The first kappa shape index (κ1) is 12.4. The van der Waals surface area contributed by atoms with Crippen LogP contribution in [-0.4, -0.2) is 36.1 Å². The van der Waals surface area contributed by atoms with Crippen molar-refractivity contribution in [2.45, 2.75) is 44.6 Å². The van der Waals surface area contributed by atoms with Crippen molar-refractivity contribution in [2.75, 3.05) is 13.2 Å². The maximum Gasteiger partial charge on any atom is 0.309 e. The molecule has 5 heteroatoms. The molecule has 2 rings (SSSR count). The normalized spacial score (nSPS) is 22.2. The van der Waals surface area contributed by atoms with Gasteiger partial charge in [-0.1, -0.05) is 12.8 Å². The number of aliphatic hydroxyl groups excluding tert-OH is 1. The lowest BCUT2D eigenvalue weighted by molar-refractivity contribution is -0.139. The standard InChI is InChI=1S/C12H20N2O3/c15-8-12(5-6-12)7-13-10(16)11(17)14-9-3-1-2-4-9/h9,15H,1-8H2,(H,13,16)(H,14,17). The molecule has 0 spiro atoms. The van der Waals surface area contributed by atoms with Crippen LogP contribution in [-0.2, 0) is 9.59 Å². The van der Waals surface area contributed by atoms with Crippen LogP contribution in [0.2, 0.25) is 0 Å². The van der Waals surface area contributed by atoms with Gasteiger partial charge in [0.2, 0.25) is 0 Å². The van der Waals surface area contributed by atoms with Gasteiger partial charge in [-0.2, -0.15) is 0 Å². The van der Waals surface area contributed by atoms with E-state index in [0.717, 1.165) is 38.5 Å². The second-order valence-corrected chi connectivity index (χ2v) is 5.30. The summed E-state index contributed by atoms with van der Waals surface area (Å²) in [5.74, 6) is -1.11. The lowest BCUT2D eigenvalue weighted by Crippen LogP contribution is -2.45. The molecule has 2 aliphatic rings. The SMILES string of the molecule is O=C(NCC1(CO)CC1)C(=O)NC1CCCC1. The molecule has 0 saturated heterocycles. The van der Waals surface area contributed by atoms with Crippen molar-refractivity contribution in [1.29, 1.82) is 0 Å². The molecule has 0 aromatic carbocycles. The highest BCUT2D eigenvalue weighted by Crippen LogP contribution is 2.44. The molecule has 17 heavy (non-hydrogen) atoms. The van der Waals surface area contributed by atoms with E-state index in [9.17, 15) is 9.59 Å². The summed E-state index contributed by atoms with van der Waals surface area (Å²) in [5.41, 5.74) is -0.150. The summed E-state index contributed by atoms with van der Waals surface area (Å²) in [4.78, 5) is 23.1. The maximum atomic E-state index is 11.5. The molecule has 2 saturated carbocycles. The number of hydrogen-bond acceptors (Lipinski definition) is 3. The largest absolute Gasteiger partial charge is 0.396 e. The van der Waals surface area contributed by atoms with Crippen LogP contribution in [0.5, 0.6) is 0 Å². The molecule has 3 N–H and O–H groups in total. The zero-order valence-electron chi connectivity index (χ0n) is 10.00. The molecule has 0 radical (unpaired) electrons. The van der Waals surface area contributed by atoms with Crippen molar-refractivity contribution in [1.82, 2.24) is 10.6 Å². The third-order valence-electron chi connectivity index (χ3n) is 3.81. The van der Waals surface area contributed by atoms with Crippen LogP contribution in [0.15, 0.2) is 0 Å². The minimum atomic E-state index is -0.573. The van der Waals surface area contributed by atoms with E-state index >= 15 is 0 Å². The second-order valence-electron chi connectivity index (χ2n) is 5.30. The monoisotopic (exact) mass is 240 g/mol. The minimum Gasteiger partial charge on any atom is -0.396 e. The van der Waals surface area contributed by atoms with Gasteiger partial charge in [0.05, 0.1) is 6.61 Å². The van der Waals surface area contributed by atoms with Crippen LogP contribution in [0, 0.1) is 5.41 Å². The molecular formula is C12H20N2O3. The van der Waals surface area contributed by atoms with Gasteiger partial charge in [-0.25, -0.2) is 0 Å². The number of hydrogen-bond donors (Lipinski definition) is 3. The van der Waals surface area contributed by atoms with Crippen LogP contribution in [0.25, 0.3) is 0 Å². The predicted molar refractivity (Wildman–Crippen MR) is 62.2 cm³/mol. The predicted octanol–water partition coefficient (Wildman–Crippen LogP) is -0.0661. The van der Waals surface area contributed by atoms with E-state index in [-0.39, 0.29) is 18.1 Å². The van der Waals surface area contributed by atoms with Gasteiger partial charge in [-0.05, 0) is 25.7 Å². The molecule has 0 bridgehead atoms. The Hall–Kier alpha value is -1.10. The quantitative estimate of drug-likeness (QED) is 0.602. The first-order valence-corrected chi connectivity index (χ1v) is 6.35. The summed E-state index contributed by atoms with van der Waals surface area (Å²) in [7, 11) is 0. The van der Waals surface area contributed by atoms with Gasteiger partial charge in [0, 0.05) is 18.0 Å². The van der Waals surface area contributed by atoms with E-state index in [4.69, 9.17) is 5.11 Å². The van der Waals surface area contributed by atoms with E-state index in [0.29, 0.717) is 6.54 Å². The van der Waals surface area contributed by atoms with Crippen molar-refractivity contribution in [3.63, 3.8) is 0 Å². The minimum absolute atomic E-state index is 0.0809. The molecule has 0 aliphatic heterocycles. The van der Waals surface area contributed by atoms with Gasteiger partial charge in [0.15, 0.2) is 0 Å².